The number of esters is 1. The Morgan fingerprint density at radius 1 is 1.33 bits per heavy atom. The number of hydrogen-bond donors (Lipinski definition) is 1. The van der Waals surface area contributed by atoms with Crippen LogP contribution in [0.3, 0.4) is 0 Å². The van der Waals surface area contributed by atoms with Crippen molar-refractivity contribution >= 4 is 23.1 Å². The Morgan fingerprint density at radius 2 is 2.04 bits per heavy atom. The molecule has 0 saturated carbocycles. The fourth-order valence-corrected chi connectivity index (χ4v) is 2.91. The summed E-state index contributed by atoms with van der Waals surface area (Å²) < 4.78 is 10.4. The minimum atomic E-state index is -0.655. The monoisotopic (exact) mass is 331 g/mol. The number of amides is 2. The number of methoxy groups -OCH3 is 1. The molecule has 1 saturated heterocycles. The maximum absolute atomic E-state index is 12.2. The number of benzene rings is 1. The van der Waals surface area contributed by atoms with Crippen molar-refractivity contribution in [3.63, 3.8) is 0 Å². The molecule has 128 valence electrons. The predicted octanol–water partition coefficient (Wildman–Crippen LogP) is 2.28. The van der Waals surface area contributed by atoms with Crippen molar-refractivity contribution in [2.24, 2.45) is 0 Å². The lowest BCUT2D eigenvalue weighted by molar-refractivity contribution is -0.142. The van der Waals surface area contributed by atoms with Crippen LogP contribution in [0.2, 0.25) is 0 Å². The van der Waals surface area contributed by atoms with Gasteiger partial charge in [0, 0.05) is 19.0 Å². The van der Waals surface area contributed by atoms with E-state index in [1.165, 1.54) is 7.11 Å². The van der Waals surface area contributed by atoms with Crippen LogP contribution in [0.15, 0.2) is 28.7 Å². The topological polar surface area (TPSA) is 84.7 Å². The number of piperidine rings is 1. The van der Waals surface area contributed by atoms with E-state index in [4.69, 9.17) is 4.42 Å². The number of rotatable bonds is 3. The molecule has 0 aliphatic carbocycles. The first-order chi connectivity index (χ1) is 11.6. The lowest BCUT2D eigenvalue weighted by atomic mass is 9.97. The van der Waals surface area contributed by atoms with Crippen LogP contribution >= 0.6 is 0 Å². The molecule has 2 aromatic rings. The van der Waals surface area contributed by atoms with E-state index < -0.39 is 12.0 Å². The Kier molecular flexibility index (Phi) is 4.69. The van der Waals surface area contributed by atoms with Crippen molar-refractivity contribution in [3.05, 3.63) is 30.2 Å². The van der Waals surface area contributed by atoms with Gasteiger partial charge in [-0.05, 0) is 31.9 Å². The number of aromatic nitrogens is 1. The summed E-state index contributed by atoms with van der Waals surface area (Å²) in [5.41, 5.74) is 1.65. The summed E-state index contributed by atoms with van der Waals surface area (Å²) in [6, 6.07) is 6.79. The number of hydrogen-bond acceptors (Lipinski definition) is 5. The number of likely N-dealkylation sites (tertiary alicyclic amines) is 1. The van der Waals surface area contributed by atoms with E-state index >= 15 is 0 Å². The maximum Gasteiger partial charge on any atom is 0.328 e. The first-order valence-electron chi connectivity index (χ1n) is 8.07. The lowest BCUT2D eigenvalue weighted by Gasteiger charge is -2.31. The molecule has 0 radical (unpaired) electrons. The second-order valence-corrected chi connectivity index (χ2v) is 5.98. The van der Waals surface area contributed by atoms with Gasteiger partial charge in [0.25, 0.3) is 0 Å². The van der Waals surface area contributed by atoms with Crippen molar-refractivity contribution in [2.75, 3.05) is 20.2 Å². The third-order valence-electron chi connectivity index (χ3n) is 4.34. The van der Waals surface area contributed by atoms with E-state index in [9.17, 15) is 9.59 Å². The number of oxazole rings is 1. The molecule has 1 aliphatic heterocycles. The third kappa shape index (κ3) is 3.34. The maximum atomic E-state index is 12.2. The average Bonchev–Trinajstić information content (AvgIpc) is 3.05. The second-order valence-electron chi connectivity index (χ2n) is 5.98. The van der Waals surface area contributed by atoms with Crippen LogP contribution in [-0.4, -0.2) is 48.1 Å². The number of nitrogens with one attached hydrogen (secondary N) is 1. The van der Waals surface area contributed by atoms with Crippen molar-refractivity contribution < 1.29 is 18.7 Å². The number of ether oxygens (including phenoxy) is 1. The second kappa shape index (κ2) is 6.90. The molecule has 24 heavy (non-hydrogen) atoms. The van der Waals surface area contributed by atoms with E-state index in [1.807, 2.05) is 24.3 Å². The third-order valence-corrected chi connectivity index (χ3v) is 4.34. The van der Waals surface area contributed by atoms with E-state index in [1.54, 1.807) is 11.8 Å². The van der Waals surface area contributed by atoms with Crippen molar-refractivity contribution in [2.45, 2.75) is 31.7 Å². The van der Waals surface area contributed by atoms with Crippen molar-refractivity contribution in [1.82, 2.24) is 15.2 Å². The van der Waals surface area contributed by atoms with Crippen LogP contribution in [0.4, 0.5) is 4.79 Å². The molecule has 7 heteroatoms. The molecular formula is C17H21N3O4. The first kappa shape index (κ1) is 16.3. The minimum absolute atomic E-state index is 0.208. The van der Waals surface area contributed by atoms with Gasteiger partial charge < -0.3 is 19.4 Å². The molecule has 1 fully saturated rings. The normalized spacial score (nSPS) is 16.8. The molecule has 0 unspecified atom stereocenters. The average molecular weight is 331 g/mol. The quantitative estimate of drug-likeness (QED) is 0.872. The number of urea groups is 1. The molecular weight excluding hydrogens is 310 g/mol. The molecule has 0 bridgehead atoms. The fourth-order valence-electron chi connectivity index (χ4n) is 2.91. The molecule has 1 aromatic heterocycles. The highest BCUT2D eigenvalue weighted by molar-refractivity contribution is 5.83. The molecule has 7 nitrogen and oxygen atoms in total. The highest BCUT2D eigenvalue weighted by atomic mass is 16.5. The van der Waals surface area contributed by atoms with Crippen LogP contribution in [-0.2, 0) is 9.53 Å². The summed E-state index contributed by atoms with van der Waals surface area (Å²) in [4.78, 5) is 29.8. The summed E-state index contributed by atoms with van der Waals surface area (Å²) >= 11 is 0. The molecule has 1 aromatic carbocycles. The molecule has 1 aliphatic rings. The minimum Gasteiger partial charge on any atom is -0.467 e. The van der Waals surface area contributed by atoms with Crippen molar-refractivity contribution in [1.29, 1.82) is 0 Å². The molecule has 2 heterocycles. The zero-order valence-electron chi connectivity index (χ0n) is 13.8. The summed E-state index contributed by atoms with van der Waals surface area (Å²) in [7, 11) is 1.30. The first-order valence-corrected chi connectivity index (χ1v) is 8.07. The zero-order valence-corrected chi connectivity index (χ0v) is 13.8. The Morgan fingerprint density at radius 3 is 2.71 bits per heavy atom. The Labute approximate surface area is 140 Å². The van der Waals surface area contributed by atoms with Gasteiger partial charge >= 0.3 is 12.0 Å². The van der Waals surface area contributed by atoms with Gasteiger partial charge in [-0.2, -0.15) is 0 Å². The van der Waals surface area contributed by atoms with Gasteiger partial charge in [-0.1, -0.05) is 12.1 Å². The van der Waals surface area contributed by atoms with Crippen LogP contribution in [0.5, 0.6) is 0 Å². The van der Waals surface area contributed by atoms with Gasteiger partial charge in [0.15, 0.2) is 11.5 Å². The number of fused-ring (bicyclic) bond motifs is 1. The van der Waals surface area contributed by atoms with Crippen LogP contribution in [0.1, 0.15) is 31.6 Å². The highest BCUT2D eigenvalue weighted by Crippen LogP contribution is 2.29. The molecule has 3 rings (SSSR count). The van der Waals surface area contributed by atoms with Gasteiger partial charge in [-0.25, -0.2) is 14.6 Å². The summed E-state index contributed by atoms with van der Waals surface area (Å²) in [6.07, 6.45) is 1.57. The largest absolute Gasteiger partial charge is 0.467 e. The molecule has 1 N–H and O–H groups in total. The predicted molar refractivity (Wildman–Crippen MR) is 87.6 cm³/mol. The van der Waals surface area contributed by atoms with Crippen LogP contribution in [0, 0.1) is 0 Å². The van der Waals surface area contributed by atoms with E-state index in [0.29, 0.717) is 13.1 Å². The Bertz CT molecular complexity index is 701. The van der Waals surface area contributed by atoms with E-state index in [-0.39, 0.29) is 11.9 Å². The lowest BCUT2D eigenvalue weighted by Crippen LogP contribution is -2.49. The number of carbonyl (C=O) groups excluding carboxylic acids is 2. The van der Waals surface area contributed by atoms with E-state index in [2.05, 4.69) is 15.0 Å². The van der Waals surface area contributed by atoms with Gasteiger partial charge in [0.1, 0.15) is 11.6 Å². The van der Waals surface area contributed by atoms with Gasteiger partial charge in [0.05, 0.1) is 7.11 Å². The summed E-state index contributed by atoms with van der Waals surface area (Å²) in [5, 5.41) is 2.65. The fraction of sp³-hybridized carbons (Fsp3) is 0.471. The Balaban J connectivity index is 1.57. The van der Waals surface area contributed by atoms with Gasteiger partial charge in [-0.3, -0.25) is 0 Å². The van der Waals surface area contributed by atoms with Crippen LogP contribution in [0.25, 0.3) is 11.1 Å². The standard InChI is InChI=1S/C17H21N3O4/c1-11(16(21)23-2)18-17(22)20-9-7-12(8-10-20)15-19-13-5-3-4-6-14(13)24-15/h3-6,11-12H,7-10H2,1-2H3,(H,18,22)/t11-/m0/s1. The Hall–Kier alpha value is -2.57. The highest BCUT2D eigenvalue weighted by Gasteiger charge is 2.28. The number of carbonyl (C=O) groups is 2. The van der Waals surface area contributed by atoms with Crippen molar-refractivity contribution in [3.8, 4) is 0 Å². The summed E-state index contributed by atoms with van der Waals surface area (Å²) in [6.45, 7) is 2.81. The van der Waals surface area contributed by atoms with E-state index in [0.717, 1.165) is 29.8 Å². The molecule has 2 amide bonds. The SMILES string of the molecule is COC(=O)[C@H](C)NC(=O)N1CCC(c2nc3ccccc3o2)CC1. The smallest absolute Gasteiger partial charge is 0.328 e. The number of para-hydroxylation sites is 2. The van der Waals surface area contributed by atoms with Crippen LogP contribution < -0.4 is 5.32 Å². The molecule has 1 atom stereocenters. The van der Waals surface area contributed by atoms with Gasteiger partial charge in [-0.15, -0.1) is 0 Å². The number of nitrogens with zero attached hydrogens (tertiary/aromatic N) is 2. The summed E-state index contributed by atoms with van der Waals surface area (Å²) in [5.74, 6) is 0.489. The zero-order chi connectivity index (χ0) is 17.1. The van der Waals surface area contributed by atoms with Gasteiger partial charge in [0.2, 0.25) is 0 Å². The molecule has 0 spiro atoms.